The van der Waals surface area contributed by atoms with Gasteiger partial charge in [-0.15, -0.1) is 0 Å². The molecule has 1 heterocycles. The first-order valence-electron chi connectivity index (χ1n) is 6.23. The number of carboxylic acid groups (broad SMARTS) is 1. The molecule has 0 aliphatic carbocycles. The second-order valence-corrected chi connectivity index (χ2v) is 6.17. The van der Waals surface area contributed by atoms with Crippen LogP contribution in [0.2, 0.25) is 0 Å². The van der Waals surface area contributed by atoms with E-state index in [1.165, 1.54) is 12.1 Å². The molecule has 0 bridgehead atoms. The summed E-state index contributed by atoms with van der Waals surface area (Å²) in [6.45, 7) is 2.25. The number of hydrogen-bond donors (Lipinski definition) is 2. The van der Waals surface area contributed by atoms with E-state index in [4.69, 9.17) is 0 Å². The zero-order chi connectivity index (χ0) is 14.9. The van der Waals surface area contributed by atoms with Gasteiger partial charge in [-0.25, -0.2) is 19.2 Å². The Morgan fingerprint density at radius 3 is 2.85 bits per heavy atom. The zero-order valence-electron chi connectivity index (χ0n) is 10.9. The number of carboxylic acids is 1. The van der Waals surface area contributed by atoms with Crippen molar-refractivity contribution in [2.24, 2.45) is 0 Å². The largest absolute Gasteiger partial charge is 0.480 e. The third-order valence-electron chi connectivity index (χ3n) is 3.68. The van der Waals surface area contributed by atoms with E-state index in [1.54, 1.807) is 34.5 Å². The van der Waals surface area contributed by atoms with Gasteiger partial charge >= 0.3 is 5.97 Å². The van der Waals surface area contributed by atoms with Gasteiger partial charge in [-0.05, 0) is 48.4 Å². The fraction of sp³-hybridized carbons (Fsp3) is 0.462. The van der Waals surface area contributed by atoms with Gasteiger partial charge in [0.25, 0.3) is 0 Å². The number of nitrogens with zero attached hydrogens (tertiary/aromatic N) is 1. The molecule has 4 nitrogen and oxygen atoms in total. The number of halogens is 3. The lowest BCUT2D eigenvalue weighted by Crippen LogP contribution is -2.54. The molecule has 1 aliphatic heterocycles. The monoisotopic (exact) mass is 396 g/mol. The second kappa shape index (κ2) is 5.90. The lowest BCUT2D eigenvalue weighted by Gasteiger charge is -2.31. The molecule has 2 rings (SSSR count). The van der Waals surface area contributed by atoms with E-state index in [9.17, 15) is 18.7 Å². The van der Waals surface area contributed by atoms with Crippen LogP contribution in [-0.4, -0.2) is 28.2 Å². The minimum Gasteiger partial charge on any atom is -0.480 e. The topological polar surface area (TPSA) is 52.6 Å². The quantitative estimate of drug-likeness (QED) is 0.607. The fourth-order valence-corrected chi connectivity index (χ4v) is 2.74. The molecule has 1 aliphatic rings. The second-order valence-electron chi connectivity index (χ2n) is 5.00. The zero-order valence-corrected chi connectivity index (χ0v) is 13.1. The maximum absolute atomic E-state index is 13.7. The number of benzene rings is 1. The molecule has 1 aromatic carbocycles. The van der Waals surface area contributed by atoms with Gasteiger partial charge in [-0.2, -0.15) is 0 Å². The van der Waals surface area contributed by atoms with Gasteiger partial charge in [-0.3, -0.25) is 4.79 Å². The van der Waals surface area contributed by atoms with Gasteiger partial charge in [0.15, 0.2) is 11.6 Å². The van der Waals surface area contributed by atoms with Crippen LogP contribution in [0.15, 0.2) is 12.1 Å². The first-order valence-corrected chi connectivity index (χ1v) is 7.31. The van der Waals surface area contributed by atoms with Crippen molar-refractivity contribution < 1.29 is 18.7 Å². The van der Waals surface area contributed by atoms with Gasteiger partial charge in [0.2, 0.25) is 0 Å². The third kappa shape index (κ3) is 2.79. The number of rotatable bonds is 4. The highest BCUT2D eigenvalue weighted by Gasteiger charge is 2.43. The van der Waals surface area contributed by atoms with Gasteiger partial charge in [0.1, 0.15) is 5.54 Å². The predicted octanol–water partition coefficient (Wildman–Crippen LogP) is 2.51. The number of nitrogens with one attached hydrogen (secondary N) is 1. The lowest BCUT2D eigenvalue weighted by molar-refractivity contribution is -0.150. The Kier molecular flexibility index (Phi) is 4.60. The third-order valence-corrected chi connectivity index (χ3v) is 4.51. The van der Waals surface area contributed by atoms with Crippen LogP contribution >= 0.6 is 22.6 Å². The Morgan fingerprint density at radius 2 is 2.20 bits per heavy atom. The molecule has 0 saturated carbocycles. The average molecular weight is 396 g/mol. The van der Waals surface area contributed by atoms with E-state index in [0.29, 0.717) is 13.0 Å². The average Bonchev–Trinajstić information content (AvgIpc) is 2.78. The van der Waals surface area contributed by atoms with Crippen LogP contribution in [-0.2, 0) is 11.3 Å². The van der Waals surface area contributed by atoms with Crippen LogP contribution in [0, 0.1) is 15.2 Å². The normalized spacial score (nSPS) is 23.2. The first-order chi connectivity index (χ1) is 9.36. The van der Waals surface area contributed by atoms with Crippen molar-refractivity contribution >= 4 is 28.6 Å². The van der Waals surface area contributed by atoms with Crippen LogP contribution in [0.5, 0.6) is 0 Å². The van der Waals surface area contributed by atoms with E-state index in [-0.39, 0.29) is 15.7 Å². The SMILES string of the molecule is C[C@]1(C(=O)O)CCCN1NCc1ccc(I)c(F)c1F. The molecule has 20 heavy (non-hydrogen) atoms. The highest BCUT2D eigenvalue weighted by Crippen LogP contribution is 2.27. The molecule has 1 atom stereocenters. The van der Waals surface area contributed by atoms with Crippen molar-refractivity contribution in [3.8, 4) is 0 Å². The van der Waals surface area contributed by atoms with E-state index in [2.05, 4.69) is 5.43 Å². The van der Waals surface area contributed by atoms with Crippen LogP contribution in [0.3, 0.4) is 0 Å². The summed E-state index contributed by atoms with van der Waals surface area (Å²) in [7, 11) is 0. The Bertz CT molecular complexity index is 541. The first kappa shape index (κ1) is 15.6. The van der Waals surface area contributed by atoms with Crippen LogP contribution < -0.4 is 5.43 Å². The summed E-state index contributed by atoms with van der Waals surface area (Å²) in [4.78, 5) is 11.3. The highest BCUT2D eigenvalue weighted by atomic mass is 127. The maximum atomic E-state index is 13.7. The minimum absolute atomic E-state index is 0.0581. The predicted molar refractivity (Wildman–Crippen MR) is 77.9 cm³/mol. The van der Waals surface area contributed by atoms with E-state index >= 15 is 0 Å². The molecule has 0 amide bonds. The molecule has 0 unspecified atom stereocenters. The van der Waals surface area contributed by atoms with E-state index < -0.39 is 23.1 Å². The highest BCUT2D eigenvalue weighted by molar-refractivity contribution is 14.1. The molecular formula is C13H15F2IN2O2. The van der Waals surface area contributed by atoms with Gasteiger partial charge < -0.3 is 5.11 Å². The Labute approximate surface area is 129 Å². The summed E-state index contributed by atoms with van der Waals surface area (Å²) >= 11 is 1.72. The fourth-order valence-electron chi connectivity index (χ4n) is 2.32. The molecule has 1 aromatic rings. The summed E-state index contributed by atoms with van der Waals surface area (Å²) in [6.07, 6.45) is 1.28. The molecule has 1 fully saturated rings. The standard InChI is InChI=1S/C13H15F2IN2O2/c1-13(12(19)20)5-2-6-18(13)17-7-8-3-4-9(16)11(15)10(8)14/h3-4,17H,2,5-7H2,1H3,(H,19,20)/t13-/m1/s1. The van der Waals surface area contributed by atoms with Crippen molar-refractivity contribution in [3.05, 3.63) is 32.9 Å². The molecule has 1 saturated heterocycles. The minimum atomic E-state index is -1.00. The number of hydrogen-bond acceptors (Lipinski definition) is 3. The van der Waals surface area contributed by atoms with Crippen LogP contribution in [0.1, 0.15) is 25.3 Å². The Morgan fingerprint density at radius 1 is 1.50 bits per heavy atom. The molecular weight excluding hydrogens is 381 g/mol. The molecule has 2 N–H and O–H groups in total. The van der Waals surface area contributed by atoms with Gasteiger partial charge in [0, 0.05) is 18.7 Å². The summed E-state index contributed by atoms with van der Waals surface area (Å²) < 4.78 is 27.4. The smallest absolute Gasteiger partial charge is 0.325 e. The number of aliphatic carboxylic acids is 1. The van der Waals surface area contributed by atoms with Gasteiger partial charge in [0.05, 0.1) is 3.57 Å². The number of carbonyl (C=O) groups is 1. The lowest BCUT2D eigenvalue weighted by atomic mass is 10.0. The molecule has 7 heteroatoms. The number of hydrazine groups is 1. The van der Waals surface area contributed by atoms with E-state index in [1.807, 2.05) is 0 Å². The van der Waals surface area contributed by atoms with Crippen LogP contribution in [0.4, 0.5) is 8.78 Å². The molecule has 0 radical (unpaired) electrons. The molecule has 0 aromatic heterocycles. The van der Waals surface area contributed by atoms with Crippen molar-refractivity contribution in [1.29, 1.82) is 0 Å². The Balaban J connectivity index is 2.10. The van der Waals surface area contributed by atoms with Crippen molar-refractivity contribution in [2.45, 2.75) is 31.8 Å². The maximum Gasteiger partial charge on any atom is 0.325 e. The Hall–Kier alpha value is -0.800. The summed E-state index contributed by atoms with van der Waals surface area (Å²) in [5.74, 6) is -2.68. The molecule has 0 spiro atoms. The van der Waals surface area contributed by atoms with E-state index in [0.717, 1.165) is 6.42 Å². The van der Waals surface area contributed by atoms with Crippen LogP contribution in [0.25, 0.3) is 0 Å². The summed E-state index contributed by atoms with van der Waals surface area (Å²) in [5, 5.41) is 10.8. The van der Waals surface area contributed by atoms with Gasteiger partial charge in [-0.1, -0.05) is 6.07 Å². The van der Waals surface area contributed by atoms with Crippen molar-refractivity contribution in [3.63, 3.8) is 0 Å². The van der Waals surface area contributed by atoms with Crippen molar-refractivity contribution in [1.82, 2.24) is 10.4 Å². The summed E-state index contributed by atoms with van der Waals surface area (Å²) in [5.41, 5.74) is 2.08. The van der Waals surface area contributed by atoms with Crippen molar-refractivity contribution in [2.75, 3.05) is 6.54 Å². The molecule has 110 valence electrons. The summed E-state index contributed by atoms with van der Waals surface area (Å²) in [6, 6.07) is 3.00.